The second-order valence-corrected chi connectivity index (χ2v) is 8.64. The number of barbiturate groups is 1. The molecule has 11 heteroatoms. The smallest absolute Gasteiger partial charge is 0.344 e. The summed E-state index contributed by atoms with van der Waals surface area (Å²) in [5, 5.41) is 2.18. The number of amides is 4. The second-order valence-electron chi connectivity index (χ2n) is 6.56. The van der Waals surface area contributed by atoms with Crippen LogP contribution in [0.1, 0.15) is 12.5 Å². The van der Waals surface area contributed by atoms with E-state index in [1.165, 1.54) is 13.2 Å². The first-order valence-corrected chi connectivity index (χ1v) is 11.4. The number of carbonyl (C=O) groups excluding carboxylic acids is 4. The van der Waals surface area contributed by atoms with Crippen LogP contribution in [0.3, 0.4) is 0 Å². The number of halogens is 2. The van der Waals surface area contributed by atoms with Gasteiger partial charge in [0, 0.05) is 4.47 Å². The zero-order valence-electron chi connectivity index (χ0n) is 17.5. The van der Waals surface area contributed by atoms with Crippen LogP contribution < -0.4 is 19.7 Å². The van der Waals surface area contributed by atoms with Crippen LogP contribution in [0.15, 0.2) is 46.4 Å². The van der Waals surface area contributed by atoms with Crippen molar-refractivity contribution in [3.63, 3.8) is 0 Å². The molecule has 1 fully saturated rings. The van der Waals surface area contributed by atoms with Gasteiger partial charge in [0.25, 0.3) is 11.8 Å². The van der Waals surface area contributed by atoms with Crippen molar-refractivity contribution in [2.24, 2.45) is 0 Å². The molecule has 0 bridgehead atoms. The summed E-state index contributed by atoms with van der Waals surface area (Å²) in [6.45, 7) is 1.63. The molecule has 0 saturated carbocycles. The van der Waals surface area contributed by atoms with Crippen LogP contribution in [0.25, 0.3) is 6.08 Å². The summed E-state index contributed by atoms with van der Waals surface area (Å²) in [4.78, 5) is 50.3. The van der Waals surface area contributed by atoms with Crippen LogP contribution in [0.4, 0.5) is 10.5 Å². The number of hydrogen-bond acceptors (Lipinski definition) is 7. The number of carbonyl (C=O) groups is 4. The second kappa shape index (κ2) is 10.8. The van der Waals surface area contributed by atoms with Crippen LogP contribution in [-0.2, 0) is 19.1 Å². The average Bonchev–Trinajstić information content (AvgIpc) is 2.77. The molecular weight excluding hydrogens is 611 g/mol. The van der Waals surface area contributed by atoms with E-state index in [0.717, 1.165) is 9.37 Å². The number of rotatable bonds is 7. The molecule has 1 N–H and O–H groups in total. The molecule has 2 aromatic rings. The molecule has 0 radical (unpaired) electrons. The van der Waals surface area contributed by atoms with Gasteiger partial charge in [0.2, 0.25) is 0 Å². The van der Waals surface area contributed by atoms with Crippen molar-refractivity contribution in [3.05, 3.63) is 55.6 Å². The molecule has 0 unspecified atom stereocenters. The highest BCUT2D eigenvalue weighted by Gasteiger charge is 2.36. The summed E-state index contributed by atoms with van der Waals surface area (Å²) >= 11 is 5.29. The Balaban J connectivity index is 1.93. The van der Waals surface area contributed by atoms with Gasteiger partial charge < -0.3 is 14.2 Å². The molecule has 2 aromatic carbocycles. The van der Waals surface area contributed by atoms with Crippen LogP contribution >= 0.6 is 38.5 Å². The van der Waals surface area contributed by atoms with Crippen LogP contribution in [0.2, 0.25) is 0 Å². The number of methoxy groups -OCH3 is 1. The lowest BCUT2D eigenvalue weighted by molar-refractivity contribution is -0.145. The van der Waals surface area contributed by atoms with Crippen molar-refractivity contribution < 1.29 is 33.4 Å². The maximum Gasteiger partial charge on any atom is 0.344 e. The van der Waals surface area contributed by atoms with Gasteiger partial charge in [-0.3, -0.25) is 14.9 Å². The molecule has 1 aliphatic heterocycles. The number of imide groups is 2. The van der Waals surface area contributed by atoms with Crippen LogP contribution in [0.5, 0.6) is 11.5 Å². The number of anilines is 1. The predicted molar refractivity (Wildman–Crippen MR) is 131 cm³/mol. The predicted octanol–water partition coefficient (Wildman–Crippen LogP) is 3.67. The van der Waals surface area contributed by atoms with Gasteiger partial charge in [-0.2, -0.15) is 0 Å². The van der Waals surface area contributed by atoms with Gasteiger partial charge in [0.05, 0.1) is 23.0 Å². The molecule has 9 nitrogen and oxygen atoms in total. The molecule has 0 atom stereocenters. The molecule has 1 saturated heterocycles. The normalized spacial score (nSPS) is 14.8. The van der Waals surface area contributed by atoms with Crippen LogP contribution in [-0.4, -0.2) is 44.1 Å². The number of urea groups is 1. The lowest BCUT2D eigenvalue weighted by Crippen LogP contribution is -2.54. The molecule has 1 aliphatic rings. The van der Waals surface area contributed by atoms with E-state index in [9.17, 15) is 19.2 Å². The molecule has 0 aromatic heterocycles. The Bertz CT molecular complexity index is 1150. The van der Waals surface area contributed by atoms with Crippen molar-refractivity contribution in [1.82, 2.24) is 5.32 Å². The SMILES string of the molecule is CCOC(=O)COc1c(I)cc(/C=C2\C(=O)NC(=O)N(c3ccc(Br)cc3)C2=O)cc1OC. The molecule has 1 heterocycles. The summed E-state index contributed by atoms with van der Waals surface area (Å²) in [5.74, 6) is -1.48. The van der Waals surface area contributed by atoms with Gasteiger partial charge in [0.15, 0.2) is 18.1 Å². The summed E-state index contributed by atoms with van der Waals surface area (Å²) in [5.41, 5.74) is 0.549. The lowest BCUT2D eigenvalue weighted by Gasteiger charge is -2.26. The Morgan fingerprint density at radius 3 is 2.52 bits per heavy atom. The molecule has 172 valence electrons. The molecular formula is C22H18BrIN2O7. The van der Waals surface area contributed by atoms with E-state index in [1.54, 1.807) is 43.3 Å². The third-order valence-electron chi connectivity index (χ3n) is 4.39. The Kier molecular flexibility index (Phi) is 8.08. The highest BCUT2D eigenvalue weighted by molar-refractivity contribution is 14.1. The molecule has 0 aliphatic carbocycles. The largest absolute Gasteiger partial charge is 0.493 e. The van der Waals surface area contributed by atoms with Crippen LogP contribution in [0, 0.1) is 3.57 Å². The van der Waals surface area contributed by atoms with Gasteiger partial charge >= 0.3 is 12.0 Å². The van der Waals surface area contributed by atoms with Crippen molar-refractivity contribution in [3.8, 4) is 11.5 Å². The van der Waals surface area contributed by atoms with Gasteiger partial charge in [0.1, 0.15) is 5.57 Å². The molecule has 33 heavy (non-hydrogen) atoms. The minimum atomic E-state index is -0.834. The minimum Gasteiger partial charge on any atom is -0.493 e. The van der Waals surface area contributed by atoms with E-state index < -0.39 is 23.8 Å². The standard InChI is InChI=1S/C22H18BrIN2O7/c1-3-32-18(27)11-33-19-16(24)9-12(10-17(19)31-2)8-15-20(28)25-22(30)26(21(15)29)14-6-4-13(23)5-7-14/h4-10H,3,11H2,1-2H3,(H,25,28,30)/b15-8+. The molecule has 4 amide bonds. The summed E-state index contributed by atoms with van der Waals surface area (Å²) in [6.07, 6.45) is 1.36. The van der Waals surface area contributed by atoms with E-state index in [1.807, 2.05) is 22.6 Å². The zero-order valence-corrected chi connectivity index (χ0v) is 21.3. The fourth-order valence-corrected chi connectivity index (χ4v) is 3.99. The fraction of sp³-hybridized carbons (Fsp3) is 0.182. The Morgan fingerprint density at radius 2 is 1.88 bits per heavy atom. The summed E-state index contributed by atoms with van der Waals surface area (Å²) < 4.78 is 17.1. The zero-order chi connectivity index (χ0) is 24.1. The van der Waals surface area contributed by atoms with Gasteiger partial charge in [-0.15, -0.1) is 0 Å². The maximum absolute atomic E-state index is 13.0. The minimum absolute atomic E-state index is 0.226. The first kappa shape index (κ1) is 24.7. The topological polar surface area (TPSA) is 111 Å². The van der Waals surface area contributed by atoms with Gasteiger partial charge in [-0.1, -0.05) is 15.9 Å². The van der Waals surface area contributed by atoms with Crippen molar-refractivity contribution in [2.75, 3.05) is 25.2 Å². The van der Waals surface area contributed by atoms with E-state index in [2.05, 4.69) is 21.2 Å². The lowest BCUT2D eigenvalue weighted by atomic mass is 10.1. The first-order valence-electron chi connectivity index (χ1n) is 9.58. The Hall–Kier alpha value is -2.93. The van der Waals surface area contributed by atoms with E-state index in [-0.39, 0.29) is 18.8 Å². The highest BCUT2D eigenvalue weighted by atomic mass is 127. The van der Waals surface area contributed by atoms with Crippen molar-refractivity contribution >= 4 is 74.1 Å². The number of benzene rings is 2. The maximum atomic E-state index is 13.0. The van der Waals surface area contributed by atoms with Gasteiger partial charge in [-0.05, 0) is 77.6 Å². The Labute approximate surface area is 211 Å². The number of ether oxygens (including phenoxy) is 3. The van der Waals surface area contributed by atoms with Gasteiger partial charge in [-0.25, -0.2) is 14.5 Å². The fourth-order valence-electron chi connectivity index (χ4n) is 2.95. The summed E-state index contributed by atoms with van der Waals surface area (Å²) in [7, 11) is 1.42. The number of hydrogen-bond donors (Lipinski definition) is 1. The summed E-state index contributed by atoms with van der Waals surface area (Å²) in [6, 6.07) is 8.89. The van der Waals surface area contributed by atoms with E-state index in [0.29, 0.717) is 26.3 Å². The Morgan fingerprint density at radius 1 is 1.18 bits per heavy atom. The number of esters is 1. The quantitative estimate of drug-likeness (QED) is 0.216. The molecule has 0 spiro atoms. The number of nitrogens with one attached hydrogen (secondary N) is 1. The highest BCUT2D eigenvalue weighted by Crippen LogP contribution is 2.35. The third-order valence-corrected chi connectivity index (χ3v) is 5.72. The molecule has 3 rings (SSSR count). The monoisotopic (exact) mass is 628 g/mol. The number of nitrogens with zero attached hydrogens (tertiary/aromatic N) is 1. The van der Waals surface area contributed by atoms with Crippen molar-refractivity contribution in [2.45, 2.75) is 6.92 Å². The third kappa shape index (κ3) is 5.71. The van der Waals surface area contributed by atoms with Crippen molar-refractivity contribution in [1.29, 1.82) is 0 Å². The van der Waals surface area contributed by atoms with E-state index >= 15 is 0 Å². The first-order chi connectivity index (χ1) is 15.7. The average molecular weight is 629 g/mol. The van der Waals surface area contributed by atoms with E-state index in [4.69, 9.17) is 14.2 Å².